The zero-order valence-electron chi connectivity index (χ0n) is 20.7. The molecule has 3 N–H and O–H groups in total. The van der Waals surface area contributed by atoms with Crippen molar-refractivity contribution in [3.63, 3.8) is 0 Å². The number of carbonyl (C=O) groups is 3. The van der Waals surface area contributed by atoms with Gasteiger partial charge in [-0.25, -0.2) is 4.79 Å². The Morgan fingerprint density at radius 3 is 2.38 bits per heavy atom. The highest BCUT2D eigenvalue weighted by Crippen LogP contribution is 2.33. The summed E-state index contributed by atoms with van der Waals surface area (Å²) in [6.07, 6.45) is 0.861. The van der Waals surface area contributed by atoms with Crippen LogP contribution in [0.25, 0.3) is 22.2 Å². The van der Waals surface area contributed by atoms with E-state index in [9.17, 15) is 14.4 Å². The number of rotatable bonds is 8. The van der Waals surface area contributed by atoms with Crippen molar-refractivity contribution < 1.29 is 19.1 Å². The number of para-hydroxylation sites is 1. The number of aromatic nitrogens is 1. The molecular weight excluding hydrogens is 468 g/mol. The van der Waals surface area contributed by atoms with Crippen LogP contribution in [0.4, 0.5) is 4.79 Å². The second kappa shape index (κ2) is 9.81. The minimum Gasteiger partial charge on any atom is -0.497 e. The van der Waals surface area contributed by atoms with Crippen molar-refractivity contribution in [2.45, 2.75) is 31.7 Å². The standard InChI is InChI=1S/C29H28N4O4/c1-3-29(20-9-5-4-6-10-20)27(35)33(28(36)31-29)32-25(34)18-17-23-22-11-7-8-12-24(22)30-26(23)19-13-15-21(37-2)16-14-19/h4-16,30H,3,17-18H2,1-2H3,(H,31,36)(H,32,34)/t29-/m0/s1. The highest BCUT2D eigenvalue weighted by Gasteiger charge is 2.52. The lowest BCUT2D eigenvalue weighted by atomic mass is 9.87. The Morgan fingerprint density at radius 1 is 0.973 bits per heavy atom. The molecule has 1 fully saturated rings. The molecule has 4 aromatic rings. The van der Waals surface area contributed by atoms with Crippen molar-refractivity contribution in [1.82, 2.24) is 20.7 Å². The van der Waals surface area contributed by atoms with Crippen LogP contribution >= 0.6 is 0 Å². The van der Waals surface area contributed by atoms with Crippen LogP contribution in [0.3, 0.4) is 0 Å². The number of hydrogen-bond donors (Lipinski definition) is 3. The van der Waals surface area contributed by atoms with Crippen LogP contribution in [0.2, 0.25) is 0 Å². The van der Waals surface area contributed by atoms with E-state index in [0.717, 1.165) is 38.5 Å². The summed E-state index contributed by atoms with van der Waals surface area (Å²) < 4.78 is 5.28. The van der Waals surface area contributed by atoms with E-state index < -0.39 is 23.4 Å². The zero-order chi connectivity index (χ0) is 26.0. The maximum Gasteiger partial charge on any atom is 0.344 e. The molecule has 1 aromatic heterocycles. The lowest BCUT2D eigenvalue weighted by Gasteiger charge is -2.25. The van der Waals surface area contributed by atoms with E-state index in [4.69, 9.17) is 4.74 Å². The van der Waals surface area contributed by atoms with Gasteiger partial charge in [0.2, 0.25) is 5.91 Å². The van der Waals surface area contributed by atoms with Gasteiger partial charge in [-0.15, -0.1) is 0 Å². The molecule has 8 nitrogen and oxygen atoms in total. The lowest BCUT2D eigenvalue weighted by molar-refractivity contribution is -0.139. The number of urea groups is 1. The fourth-order valence-corrected chi connectivity index (χ4v) is 4.92. The first-order chi connectivity index (χ1) is 18.0. The van der Waals surface area contributed by atoms with Crippen molar-refractivity contribution in [3.05, 3.63) is 90.0 Å². The fraction of sp³-hybridized carbons (Fsp3) is 0.207. The Kier molecular flexibility index (Phi) is 6.40. The average Bonchev–Trinajstić information content (AvgIpc) is 3.43. The van der Waals surface area contributed by atoms with E-state index >= 15 is 0 Å². The third-order valence-corrected chi connectivity index (χ3v) is 6.92. The van der Waals surface area contributed by atoms with Crippen molar-refractivity contribution in [2.75, 3.05) is 7.11 Å². The Morgan fingerprint density at radius 2 is 1.68 bits per heavy atom. The molecule has 1 aliphatic heterocycles. The summed E-state index contributed by atoms with van der Waals surface area (Å²) >= 11 is 0. The van der Waals surface area contributed by atoms with E-state index in [1.165, 1.54) is 0 Å². The summed E-state index contributed by atoms with van der Waals surface area (Å²) in [7, 11) is 1.62. The van der Waals surface area contributed by atoms with E-state index in [2.05, 4.69) is 15.7 Å². The van der Waals surface area contributed by atoms with Gasteiger partial charge < -0.3 is 15.0 Å². The molecule has 2 heterocycles. The molecule has 0 saturated carbocycles. The van der Waals surface area contributed by atoms with Gasteiger partial charge in [0.1, 0.15) is 11.3 Å². The van der Waals surface area contributed by atoms with Crippen LogP contribution in [0.1, 0.15) is 30.9 Å². The molecule has 0 unspecified atom stereocenters. The second-order valence-electron chi connectivity index (χ2n) is 8.98. The van der Waals surface area contributed by atoms with Gasteiger partial charge in [-0.1, -0.05) is 55.5 Å². The Balaban J connectivity index is 1.35. The molecule has 3 aromatic carbocycles. The molecule has 188 valence electrons. The second-order valence-corrected chi connectivity index (χ2v) is 8.98. The summed E-state index contributed by atoms with van der Waals surface area (Å²) in [5.74, 6) is -0.159. The predicted octanol–water partition coefficient (Wildman–Crippen LogP) is 4.66. The molecule has 5 rings (SSSR count). The molecule has 37 heavy (non-hydrogen) atoms. The molecule has 0 bridgehead atoms. The predicted molar refractivity (Wildman–Crippen MR) is 141 cm³/mol. The number of H-pyrrole nitrogens is 1. The Bertz CT molecular complexity index is 1460. The topological polar surface area (TPSA) is 104 Å². The number of ether oxygens (including phenoxy) is 1. The molecular formula is C29H28N4O4. The molecule has 1 atom stereocenters. The number of hydrogen-bond acceptors (Lipinski definition) is 4. The van der Waals surface area contributed by atoms with E-state index in [1.54, 1.807) is 19.2 Å². The van der Waals surface area contributed by atoms with E-state index in [1.807, 2.05) is 73.7 Å². The molecule has 8 heteroatoms. The van der Waals surface area contributed by atoms with Crippen LogP contribution in [-0.4, -0.2) is 34.9 Å². The number of fused-ring (bicyclic) bond motifs is 1. The summed E-state index contributed by atoms with van der Waals surface area (Å²) in [5.41, 5.74) is 5.84. The van der Waals surface area contributed by atoms with Gasteiger partial charge >= 0.3 is 6.03 Å². The number of carbonyl (C=O) groups excluding carboxylic acids is 3. The van der Waals surface area contributed by atoms with Crippen molar-refractivity contribution in [1.29, 1.82) is 0 Å². The number of aryl methyl sites for hydroxylation is 1. The molecule has 0 aliphatic carbocycles. The highest BCUT2D eigenvalue weighted by molar-refractivity contribution is 6.08. The summed E-state index contributed by atoms with van der Waals surface area (Å²) in [6.45, 7) is 1.83. The minimum absolute atomic E-state index is 0.0898. The van der Waals surface area contributed by atoms with Crippen molar-refractivity contribution >= 4 is 28.7 Å². The number of nitrogens with zero attached hydrogens (tertiary/aromatic N) is 1. The summed E-state index contributed by atoms with van der Waals surface area (Å²) in [6, 6.07) is 24.1. The van der Waals surface area contributed by atoms with Crippen LogP contribution in [0.15, 0.2) is 78.9 Å². The lowest BCUT2D eigenvalue weighted by Crippen LogP contribution is -2.48. The fourth-order valence-electron chi connectivity index (χ4n) is 4.92. The normalized spacial score (nSPS) is 17.2. The largest absolute Gasteiger partial charge is 0.497 e. The van der Waals surface area contributed by atoms with Gasteiger partial charge in [0, 0.05) is 23.0 Å². The SMILES string of the molecule is CC[C@@]1(c2ccccc2)NC(=O)N(NC(=O)CCc2c(-c3ccc(OC)cc3)[nH]c3ccccc23)C1=O. The molecule has 1 aliphatic rings. The van der Waals surface area contributed by atoms with Crippen molar-refractivity contribution in [2.24, 2.45) is 0 Å². The first-order valence-electron chi connectivity index (χ1n) is 12.2. The third-order valence-electron chi connectivity index (χ3n) is 6.92. The van der Waals surface area contributed by atoms with Crippen LogP contribution in [0.5, 0.6) is 5.75 Å². The van der Waals surface area contributed by atoms with E-state index in [-0.39, 0.29) is 6.42 Å². The number of methoxy groups -OCH3 is 1. The van der Waals surface area contributed by atoms with Gasteiger partial charge in [0.05, 0.1) is 7.11 Å². The van der Waals surface area contributed by atoms with Crippen LogP contribution in [0, 0.1) is 0 Å². The number of nitrogens with one attached hydrogen (secondary N) is 3. The van der Waals surface area contributed by atoms with Gasteiger partial charge in [0.15, 0.2) is 0 Å². The quantitative estimate of drug-likeness (QED) is 0.309. The summed E-state index contributed by atoms with van der Waals surface area (Å²) in [5, 5.41) is 4.60. The average molecular weight is 497 g/mol. The summed E-state index contributed by atoms with van der Waals surface area (Å²) in [4.78, 5) is 42.5. The number of amides is 4. The van der Waals surface area contributed by atoms with Gasteiger partial charge in [-0.2, -0.15) is 5.01 Å². The minimum atomic E-state index is -1.20. The maximum absolute atomic E-state index is 13.3. The number of imide groups is 1. The first kappa shape index (κ1) is 24.1. The van der Waals surface area contributed by atoms with Crippen LogP contribution in [-0.2, 0) is 21.5 Å². The molecule has 1 saturated heterocycles. The number of benzene rings is 3. The monoisotopic (exact) mass is 496 g/mol. The third kappa shape index (κ3) is 4.31. The Hall–Kier alpha value is -4.59. The maximum atomic E-state index is 13.3. The molecule has 0 radical (unpaired) electrons. The van der Waals surface area contributed by atoms with Gasteiger partial charge in [-0.05, 0) is 59.9 Å². The smallest absolute Gasteiger partial charge is 0.344 e. The first-order valence-corrected chi connectivity index (χ1v) is 12.2. The number of hydrazine groups is 1. The van der Waals surface area contributed by atoms with Gasteiger partial charge in [-0.3, -0.25) is 15.0 Å². The molecule has 0 spiro atoms. The number of aromatic amines is 1. The highest BCUT2D eigenvalue weighted by atomic mass is 16.5. The van der Waals surface area contributed by atoms with Crippen molar-refractivity contribution in [3.8, 4) is 17.0 Å². The zero-order valence-corrected chi connectivity index (χ0v) is 20.7. The molecule has 4 amide bonds. The Labute approximate surface area is 214 Å². The van der Waals surface area contributed by atoms with Crippen LogP contribution < -0.4 is 15.5 Å². The van der Waals surface area contributed by atoms with E-state index in [0.29, 0.717) is 18.4 Å². The van der Waals surface area contributed by atoms with Gasteiger partial charge in [0.25, 0.3) is 5.91 Å².